The monoisotopic (exact) mass is 329 g/mol. The van der Waals surface area contributed by atoms with Gasteiger partial charge in [-0.2, -0.15) is 0 Å². The quantitative estimate of drug-likeness (QED) is 0.764. The third kappa shape index (κ3) is 2.89. The minimum absolute atomic E-state index is 0.0934. The number of hydrogen-bond donors (Lipinski definition) is 0. The SMILES string of the molecule is Cc1ccc(Br)c(C(=O)N(CCCl)C2CCC2)c1. The zero-order valence-corrected chi connectivity index (χ0v) is 12.8. The van der Waals surface area contributed by atoms with Crippen molar-refractivity contribution in [3.8, 4) is 0 Å². The lowest BCUT2D eigenvalue weighted by Gasteiger charge is -2.37. The Balaban J connectivity index is 2.23. The van der Waals surface area contributed by atoms with E-state index in [4.69, 9.17) is 11.6 Å². The number of carbonyl (C=O) groups excluding carboxylic acids is 1. The number of benzene rings is 1. The number of alkyl halides is 1. The fraction of sp³-hybridized carbons (Fsp3) is 0.500. The maximum atomic E-state index is 12.6. The van der Waals surface area contributed by atoms with Crippen LogP contribution in [-0.4, -0.2) is 29.3 Å². The van der Waals surface area contributed by atoms with Crippen molar-refractivity contribution in [2.24, 2.45) is 0 Å². The second kappa shape index (κ2) is 6.07. The van der Waals surface area contributed by atoms with Crippen LogP contribution in [0.15, 0.2) is 22.7 Å². The summed E-state index contributed by atoms with van der Waals surface area (Å²) < 4.78 is 0.858. The average molecular weight is 331 g/mol. The highest BCUT2D eigenvalue weighted by Crippen LogP contribution is 2.28. The van der Waals surface area contributed by atoms with E-state index >= 15 is 0 Å². The summed E-state index contributed by atoms with van der Waals surface area (Å²) in [6, 6.07) is 6.24. The second-order valence-corrected chi connectivity index (χ2v) is 5.99. The van der Waals surface area contributed by atoms with E-state index in [1.54, 1.807) is 0 Å². The summed E-state index contributed by atoms with van der Waals surface area (Å²) in [5.41, 5.74) is 1.84. The van der Waals surface area contributed by atoms with Gasteiger partial charge in [0.15, 0.2) is 0 Å². The minimum Gasteiger partial charge on any atom is -0.334 e. The lowest BCUT2D eigenvalue weighted by molar-refractivity contribution is 0.0597. The number of aryl methyl sites for hydroxylation is 1. The largest absolute Gasteiger partial charge is 0.334 e. The van der Waals surface area contributed by atoms with Crippen molar-refractivity contribution in [1.82, 2.24) is 4.90 Å². The van der Waals surface area contributed by atoms with Crippen LogP contribution in [0.2, 0.25) is 0 Å². The van der Waals surface area contributed by atoms with Gasteiger partial charge in [0.1, 0.15) is 0 Å². The molecule has 0 unspecified atom stereocenters. The van der Waals surface area contributed by atoms with E-state index in [1.807, 2.05) is 30.0 Å². The van der Waals surface area contributed by atoms with Gasteiger partial charge in [-0.3, -0.25) is 4.79 Å². The van der Waals surface area contributed by atoms with Crippen molar-refractivity contribution in [3.63, 3.8) is 0 Å². The molecular formula is C14H17BrClNO. The topological polar surface area (TPSA) is 20.3 Å². The molecule has 0 aromatic heterocycles. The molecule has 0 radical (unpaired) electrons. The fourth-order valence-corrected chi connectivity index (χ4v) is 2.80. The van der Waals surface area contributed by atoms with Crippen molar-refractivity contribution < 1.29 is 4.79 Å². The van der Waals surface area contributed by atoms with Gasteiger partial charge in [-0.1, -0.05) is 11.6 Å². The summed E-state index contributed by atoms with van der Waals surface area (Å²) in [5, 5.41) is 0. The highest BCUT2D eigenvalue weighted by atomic mass is 79.9. The summed E-state index contributed by atoms with van der Waals surface area (Å²) in [6.07, 6.45) is 3.42. The molecule has 0 heterocycles. The molecule has 1 aromatic rings. The third-order valence-electron chi connectivity index (χ3n) is 3.45. The van der Waals surface area contributed by atoms with Crippen LogP contribution in [-0.2, 0) is 0 Å². The van der Waals surface area contributed by atoms with E-state index in [0.717, 1.165) is 28.4 Å². The Morgan fingerprint density at radius 1 is 1.50 bits per heavy atom. The predicted molar refractivity (Wildman–Crippen MR) is 78.3 cm³/mol. The van der Waals surface area contributed by atoms with Crippen LogP contribution >= 0.6 is 27.5 Å². The van der Waals surface area contributed by atoms with Gasteiger partial charge in [0.05, 0.1) is 5.56 Å². The second-order valence-electron chi connectivity index (χ2n) is 4.76. The molecule has 2 nitrogen and oxygen atoms in total. The Morgan fingerprint density at radius 3 is 2.78 bits per heavy atom. The van der Waals surface area contributed by atoms with Gasteiger partial charge < -0.3 is 4.90 Å². The fourth-order valence-electron chi connectivity index (χ4n) is 2.20. The van der Waals surface area contributed by atoms with Gasteiger partial charge in [-0.15, -0.1) is 11.6 Å². The first-order valence-electron chi connectivity index (χ1n) is 6.26. The lowest BCUT2D eigenvalue weighted by Crippen LogP contribution is -2.45. The first-order chi connectivity index (χ1) is 8.63. The molecule has 1 saturated carbocycles. The third-order valence-corrected chi connectivity index (χ3v) is 4.31. The standard InChI is InChI=1S/C14H17BrClNO/c1-10-5-6-13(15)12(9-10)14(18)17(8-7-16)11-3-2-4-11/h5-6,9,11H,2-4,7-8H2,1H3. The highest BCUT2D eigenvalue weighted by Gasteiger charge is 2.29. The molecule has 0 bridgehead atoms. The maximum absolute atomic E-state index is 12.6. The number of rotatable bonds is 4. The van der Waals surface area contributed by atoms with Gasteiger partial charge in [0.25, 0.3) is 5.91 Å². The number of nitrogens with zero attached hydrogens (tertiary/aromatic N) is 1. The molecule has 0 atom stereocenters. The maximum Gasteiger partial charge on any atom is 0.255 e. The summed E-state index contributed by atoms with van der Waals surface area (Å²) in [7, 11) is 0. The van der Waals surface area contributed by atoms with Crippen LogP contribution in [0, 0.1) is 6.92 Å². The molecule has 0 saturated heterocycles. The van der Waals surface area contributed by atoms with Crippen LogP contribution in [0.25, 0.3) is 0 Å². The molecule has 1 amide bonds. The average Bonchev–Trinajstić information content (AvgIpc) is 2.28. The summed E-state index contributed by atoms with van der Waals surface area (Å²) >= 11 is 9.28. The van der Waals surface area contributed by atoms with Crippen LogP contribution in [0.1, 0.15) is 35.2 Å². The van der Waals surface area contributed by atoms with E-state index in [2.05, 4.69) is 15.9 Å². The molecule has 4 heteroatoms. The summed E-state index contributed by atoms with van der Waals surface area (Å²) in [6.45, 7) is 2.63. The van der Waals surface area contributed by atoms with Crippen LogP contribution in [0.4, 0.5) is 0 Å². The zero-order valence-electron chi connectivity index (χ0n) is 10.5. The zero-order chi connectivity index (χ0) is 13.1. The van der Waals surface area contributed by atoms with E-state index in [9.17, 15) is 4.79 Å². The van der Waals surface area contributed by atoms with Gasteiger partial charge >= 0.3 is 0 Å². The Kier molecular flexibility index (Phi) is 4.68. The van der Waals surface area contributed by atoms with E-state index in [1.165, 1.54) is 6.42 Å². The Hall–Kier alpha value is -0.540. The molecule has 1 aromatic carbocycles. The number of halogens is 2. The normalized spacial score (nSPS) is 15.3. The molecule has 2 rings (SSSR count). The number of hydrogen-bond acceptors (Lipinski definition) is 1. The van der Waals surface area contributed by atoms with Crippen LogP contribution in [0.3, 0.4) is 0 Å². The molecule has 18 heavy (non-hydrogen) atoms. The van der Waals surface area contributed by atoms with Crippen molar-refractivity contribution in [2.75, 3.05) is 12.4 Å². The Labute approximate surface area is 121 Å². The van der Waals surface area contributed by atoms with Crippen LogP contribution < -0.4 is 0 Å². The molecule has 0 N–H and O–H groups in total. The van der Waals surface area contributed by atoms with Gasteiger partial charge in [-0.05, 0) is 54.2 Å². The molecule has 1 aliphatic rings. The van der Waals surface area contributed by atoms with Crippen molar-refractivity contribution in [2.45, 2.75) is 32.2 Å². The van der Waals surface area contributed by atoms with E-state index in [0.29, 0.717) is 18.5 Å². The Morgan fingerprint density at radius 2 is 2.22 bits per heavy atom. The van der Waals surface area contributed by atoms with Gasteiger partial charge in [-0.25, -0.2) is 0 Å². The summed E-state index contributed by atoms with van der Waals surface area (Å²) in [5.74, 6) is 0.585. The molecule has 98 valence electrons. The molecule has 1 fully saturated rings. The highest BCUT2D eigenvalue weighted by molar-refractivity contribution is 9.10. The van der Waals surface area contributed by atoms with Gasteiger partial charge in [0, 0.05) is 22.9 Å². The number of carbonyl (C=O) groups is 1. The van der Waals surface area contributed by atoms with Crippen molar-refractivity contribution in [1.29, 1.82) is 0 Å². The first kappa shape index (κ1) is 13.9. The van der Waals surface area contributed by atoms with E-state index < -0.39 is 0 Å². The van der Waals surface area contributed by atoms with Gasteiger partial charge in [0.2, 0.25) is 0 Å². The first-order valence-corrected chi connectivity index (χ1v) is 7.59. The van der Waals surface area contributed by atoms with Crippen molar-refractivity contribution >= 4 is 33.4 Å². The summed E-state index contributed by atoms with van der Waals surface area (Å²) in [4.78, 5) is 14.5. The molecule has 0 aliphatic heterocycles. The lowest BCUT2D eigenvalue weighted by atomic mass is 9.91. The molecular weight excluding hydrogens is 314 g/mol. The smallest absolute Gasteiger partial charge is 0.255 e. The minimum atomic E-state index is 0.0934. The number of amides is 1. The van der Waals surface area contributed by atoms with E-state index in [-0.39, 0.29) is 5.91 Å². The Bertz CT molecular complexity index is 445. The molecule has 0 spiro atoms. The van der Waals surface area contributed by atoms with Crippen molar-refractivity contribution in [3.05, 3.63) is 33.8 Å². The van der Waals surface area contributed by atoms with Crippen LogP contribution in [0.5, 0.6) is 0 Å². The molecule has 1 aliphatic carbocycles. The predicted octanol–water partition coefficient (Wildman–Crippen LogP) is 3.99.